The molecule has 3 N–H and O–H groups in total. The molecule has 2 aromatic rings. The van der Waals surface area contributed by atoms with Crippen molar-refractivity contribution in [3.05, 3.63) is 47.7 Å². The van der Waals surface area contributed by atoms with Gasteiger partial charge < -0.3 is 15.4 Å². The van der Waals surface area contributed by atoms with Crippen LogP contribution in [0, 0.1) is 0 Å². The number of hydrazone groups is 1. The molecule has 2 rings (SSSR count). The predicted octanol–water partition coefficient (Wildman–Crippen LogP) is 1.94. The lowest BCUT2D eigenvalue weighted by atomic mass is 10.1. The van der Waals surface area contributed by atoms with Crippen LogP contribution in [0.25, 0.3) is 11.3 Å². The molecule has 0 radical (unpaired) electrons. The summed E-state index contributed by atoms with van der Waals surface area (Å²) in [6.45, 7) is 0. The molecule has 0 spiro atoms. The minimum atomic E-state index is -0.952. The summed E-state index contributed by atoms with van der Waals surface area (Å²) in [7, 11) is 0. The highest BCUT2D eigenvalue weighted by molar-refractivity contribution is 5.88. The number of carboxylic acid groups (broad SMARTS) is 1. The van der Waals surface area contributed by atoms with Crippen molar-refractivity contribution in [3.8, 4) is 11.3 Å². The van der Waals surface area contributed by atoms with E-state index in [1.807, 2.05) is 0 Å². The van der Waals surface area contributed by atoms with Crippen molar-refractivity contribution < 1.29 is 14.3 Å². The molecule has 5 nitrogen and oxygen atoms in total. The van der Waals surface area contributed by atoms with Crippen molar-refractivity contribution in [1.82, 2.24) is 0 Å². The van der Waals surface area contributed by atoms with Crippen LogP contribution >= 0.6 is 0 Å². The fourth-order valence-corrected chi connectivity index (χ4v) is 1.43. The number of hydrogen-bond donors (Lipinski definition) is 2. The maximum absolute atomic E-state index is 10.7. The Balaban J connectivity index is 2.29. The van der Waals surface area contributed by atoms with E-state index in [1.54, 1.807) is 24.3 Å². The molecule has 0 saturated carbocycles. The molecule has 17 heavy (non-hydrogen) atoms. The molecular formula is C12H10N2O3. The van der Waals surface area contributed by atoms with Crippen molar-refractivity contribution in [2.75, 3.05) is 0 Å². The predicted molar refractivity (Wildman–Crippen MR) is 62.9 cm³/mol. The van der Waals surface area contributed by atoms with E-state index in [2.05, 4.69) is 5.10 Å². The molecule has 0 saturated heterocycles. The van der Waals surface area contributed by atoms with E-state index in [-0.39, 0.29) is 5.56 Å². The zero-order valence-electron chi connectivity index (χ0n) is 8.83. The second-order valence-corrected chi connectivity index (χ2v) is 3.36. The van der Waals surface area contributed by atoms with Gasteiger partial charge in [0, 0.05) is 5.56 Å². The summed E-state index contributed by atoms with van der Waals surface area (Å²) in [6, 6.07) is 9.93. The van der Waals surface area contributed by atoms with Gasteiger partial charge in [0.15, 0.2) is 0 Å². The fraction of sp³-hybridized carbons (Fsp3) is 0. The summed E-state index contributed by atoms with van der Waals surface area (Å²) in [5.41, 5.74) is 1.04. The lowest BCUT2D eigenvalue weighted by Crippen LogP contribution is -1.94. The zero-order chi connectivity index (χ0) is 12.3. The third-order valence-corrected chi connectivity index (χ3v) is 2.24. The van der Waals surface area contributed by atoms with E-state index in [1.165, 1.54) is 18.3 Å². The molecule has 5 heteroatoms. The van der Waals surface area contributed by atoms with Gasteiger partial charge in [-0.15, -0.1) is 0 Å². The number of carbonyl (C=O) groups is 1. The number of hydrogen-bond acceptors (Lipinski definition) is 4. The summed E-state index contributed by atoms with van der Waals surface area (Å²) in [5.74, 6) is 5.24. The molecule has 0 aliphatic carbocycles. The van der Waals surface area contributed by atoms with Crippen molar-refractivity contribution in [2.24, 2.45) is 10.9 Å². The van der Waals surface area contributed by atoms with Crippen LogP contribution in [0.1, 0.15) is 16.1 Å². The highest BCUT2D eigenvalue weighted by Crippen LogP contribution is 2.21. The van der Waals surface area contributed by atoms with E-state index in [4.69, 9.17) is 15.4 Å². The molecule has 0 aliphatic heterocycles. The Bertz CT molecular complexity index is 555. The van der Waals surface area contributed by atoms with Gasteiger partial charge in [-0.25, -0.2) is 4.79 Å². The van der Waals surface area contributed by atoms with Crippen LogP contribution < -0.4 is 5.84 Å². The van der Waals surface area contributed by atoms with Crippen LogP contribution in [0.2, 0.25) is 0 Å². The lowest BCUT2D eigenvalue weighted by Gasteiger charge is -1.97. The Hall–Kier alpha value is -2.56. The van der Waals surface area contributed by atoms with Crippen molar-refractivity contribution >= 4 is 12.2 Å². The highest BCUT2D eigenvalue weighted by atomic mass is 16.4. The Morgan fingerprint density at radius 2 is 1.94 bits per heavy atom. The van der Waals surface area contributed by atoms with Gasteiger partial charge in [-0.05, 0) is 24.3 Å². The van der Waals surface area contributed by atoms with Crippen LogP contribution in [0.3, 0.4) is 0 Å². The Labute approximate surface area is 97.2 Å². The smallest absolute Gasteiger partial charge is 0.335 e. The van der Waals surface area contributed by atoms with Gasteiger partial charge >= 0.3 is 5.97 Å². The van der Waals surface area contributed by atoms with Crippen LogP contribution in [-0.2, 0) is 0 Å². The number of benzene rings is 1. The average molecular weight is 230 g/mol. The Morgan fingerprint density at radius 1 is 1.24 bits per heavy atom. The molecule has 1 aromatic heterocycles. The number of furan rings is 1. The maximum Gasteiger partial charge on any atom is 0.335 e. The van der Waals surface area contributed by atoms with E-state index < -0.39 is 5.97 Å². The zero-order valence-corrected chi connectivity index (χ0v) is 8.83. The third kappa shape index (κ3) is 2.34. The van der Waals surface area contributed by atoms with Gasteiger partial charge in [-0.2, -0.15) is 5.10 Å². The first-order chi connectivity index (χ1) is 8.20. The summed E-state index contributed by atoms with van der Waals surface area (Å²) < 4.78 is 5.43. The molecule has 0 fully saturated rings. The third-order valence-electron chi connectivity index (χ3n) is 2.24. The Kier molecular flexibility index (Phi) is 2.91. The van der Waals surface area contributed by atoms with Crippen molar-refractivity contribution in [3.63, 3.8) is 0 Å². The van der Waals surface area contributed by atoms with Crippen LogP contribution in [0.15, 0.2) is 45.9 Å². The molecule has 0 bridgehead atoms. The molecule has 0 unspecified atom stereocenters. The quantitative estimate of drug-likeness (QED) is 0.479. The number of nitrogens with two attached hydrogens (primary N) is 1. The van der Waals surface area contributed by atoms with Gasteiger partial charge in [0.25, 0.3) is 0 Å². The van der Waals surface area contributed by atoms with Gasteiger partial charge in [-0.1, -0.05) is 12.1 Å². The van der Waals surface area contributed by atoms with Crippen LogP contribution in [0.4, 0.5) is 0 Å². The summed E-state index contributed by atoms with van der Waals surface area (Å²) >= 11 is 0. The fourth-order valence-electron chi connectivity index (χ4n) is 1.43. The number of nitrogens with zero attached hydrogens (tertiary/aromatic N) is 1. The molecule has 1 heterocycles. The van der Waals surface area contributed by atoms with Crippen molar-refractivity contribution in [1.29, 1.82) is 0 Å². The number of aromatic carboxylic acids is 1. The SMILES string of the molecule is N/N=C/c1ccc(-c2ccc(C(=O)O)cc2)o1. The lowest BCUT2D eigenvalue weighted by molar-refractivity contribution is 0.0697. The Morgan fingerprint density at radius 3 is 2.53 bits per heavy atom. The van der Waals surface area contributed by atoms with E-state index in [0.717, 1.165) is 5.56 Å². The van der Waals surface area contributed by atoms with Gasteiger partial charge in [0.1, 0.15) is 11.5 Å². The van der Waals surface area contributed by atoms with Gasteiger partial charge in [0.05, 0.1) is 11.8 Å². The molecule has 0 aliphatic rings. The second-order valence-electron chi connectivity index (χ2n) is 3.36. The number of carboxylic acids is 1. The van der Waals surface area contributed by atoms with Crippen LogP contribution in [-0.4, -0.2) is 17.3 Å². The first-order valence-electron chi connectivity index (χ1n) is 4.87. The van der Waals surface area contributed by atoms with E-state index in [0.29, 0.717) is 11.5 Å². The van der Waals surface area contributed by atoms with E-state index in [9.17, 15) is 4.79 Å². The molecule has 0 atom stereocenters. The standard InChI is InChI=1S/C12H10N2O3/c13-14-7-10-5-6-11(17-10)8-1-3-9(4-2-8)12(15)16/h1-7H,13H2,(H,15,16)/b14-7+. The summed E-state index contributed by atoms with van der Waals surface area (Å²) in [5, 5.41) is 12.1. The first-order valence-corrected chi connectivity index (χ1v) is 4.87. The molecular weight excluding hydrogens is 220 g/mol. The largest absolute Gasteiger partial charge is 0.478 e. The summed E-state index contributed by atoms with van der Waals surface area (Å²) in [4.78, 5) is 10.7. The topological polar surface area (TPSA) is 88.8 Å². The van der Waals surface area contributed by atoms with Gasteiger partial charge in [0.2, 0.25) is 0 Å². The molecule has 86 valence electrons. The monoisotopic (exact) mass is 230 g/mol. The summed E-state index contributed by atoms with van der Waals surface area (Å²) in [6.07, 6.45) is 1.40. The average Bonchev–Trinajstić information content (AvgIpc) is 2.78. The molecule has 0 amide bonds. The first kappa shape index (κ1) is 10.9. The maximum atomic E-state index is 10.7. The van der Waals surface area contributed by atoms with Crippen molar-refractivity contribution in [2.45, 2.75) is 0 Å². The highest BCUT2D eigenvalue weighted by Gasteiger charge is 2.06. The minimum Gasteiger partial charge on any atom is -0.478 e. The number of rotatable bonds is 3. The van der Waals surface area contributed by atoms with Gasteiger partial charge in [-0.3, -0.25) is 0 Å². The minimum absolute atomic E-state index is 0.240. The normalized spacial score (nSPS) is 10.8. The van der Waals surface area contributed by atoms with Crippen LogP contribution in [0.5, 0.6) is 0 Å². The molecule has 1 aromatic carbocycles. The van der Waals surface area contributed by atoms with E-state index >= 15 is 0 Å². The second kappa shape index (κ2) is 4.52.